The number of nitrogens with two attached hydrogens (primary N) is 1. The fourth-order valence-electron chi connectivity index (χ4n) is 1.64. The van der Waals surface area contributed by atoms with Gasteiger partial charge in [-0.2, -0.15) is 0 Å². The molecule has 1 aromatic rings. The molecular weight excluding hydrogens is 242 g/mol. The van der Waals surface area contributed by atoms with E-state index in [1.165, 1.54) is 11.3 Å². The third-order valence-electron chi connectivity index (χ3n) is 2.61. The van der Waals surface area contributed by atoms with Crippen molar-refractivity contribution in [2.24, 2.45) is 5.73 Å². The van der Waals surface area contributed by atoms with Crippen LogP contribution in [-0.2, 0) is 9.53 Å². The summed E-state index contributed by atoms with van der Waals surface area (Å²) in [6.07, 6.45) is 2.38. The van der Waals surface area contributed by atoms with Crippen LogP contribution in [0.5, 0.6) is 0 Å². The molecule has 1 aliphatic rings. The van der Waals surface area contributed by atoms with Gasteiger partial charge < -0.3 is 20.9 Å². The van der Waals surface area contributed by atoms with Crippen molar-refractivity contribution >= 4 is 22.4 Å². The van der Waals surface area contributed by atoms with Gasteiger partial charge in [0, 0.05) is 18.5 Å². The lowest BCUT2D eigenvalue weighted by Gasteiger charge is -2.09. The monoisotopic (exact) mass is 257 g/mol. The molecule has 94 valence electrons. The highest BCUT2D eigenvalue weighted by atomic mass is 32.1. The molecule has 1 fully saturated rings. The first-order valence-electron chi connectivity index (χ1n) is 5.46. The molecule has 1 aromatic heterocycles. The summed E-state index contributed by atoms with van der Waals surface area (Å²) in [4.78, 5) is 14.8. The van der Waals surface area contributed by atoms with Gasteiger partial charge in [0.05, 0.1) is 11.8 Å². The zero-order valence-corrected chi connectivity index (χ0v) is 10.1. The molecule has 0 aliphatic carbocycles. The van der Waals surface area contributed by atoms with Crippen LogP contribution >= 0.6 is 11.3 Å². The SMILES string of the molecule is NC(C(=O)O)c1csc(NCC2CCCO2)n1. The van der Waals surface area contributed by atoms with Gasteiger partial charge in [-0.25, -0.2) is 4.98 Å². The quantitative estimate of drug-likeness (QED) is 0.722. The Morgan fingerprint density at radius 3 is 3.29 bits per heavy atom. The van der Waals surface area contributed by atoms with Gasteiger partial charge in [-0.3, -0.25) is 4.79 Å². The largest absolute Gasteiger partial charge is 0.480 e. The van der Waals surface area contributed by atoms with E-state index >= 15 is 0 Å². The maximum Gasteiger partial charge on any atom is 0.326 e. The molecule has 0 saturated carbocycles. The second-order valence-corrected chi connectivity index (χ2v) is 4.77. The van der Waals surface area contributed by atoms with Crippen molar-refractivity contribution in [2.75, 3.05) is 18.5 Å². The van der Waals surface area contributed by atoms with Gasteiger partial charge in [0.2, 0.25) is 0 Å². The average molecular weight is 257 g/mol. The zero-order valence-electron chi connectivity index (χ0n) is 9.26. The summed E-state index contributed by atoms with van der Waals surface area (Å²) in [6, 6.07) is -1.05. The van der Waals surface area contributed by atoms with E-state index in [4.69, 9.17) is 15.6 Å². The zero-order chi connectivity index (χ0) is 12.3. The number of anilines is 1. The molecule has 0 amide bonds. The Morgan fingerprint density at radius 1 is 1.82 bits per heavy atom. The van der Waals surface area contributed by atoms with Gasteiger partial charge >= 0.3 is 5.97 Å². The number of carbonyl (C=O) groups is 1. The fourth-order valence-corrected chi connectivity index (χ4v) is 2.40. The number of hydrogen-bond donors (Lipinski definition) is 3. The van der Waals surface area contributed by atoms with Crippen molar-refractivity contribution < 1.29 is 14.6 Å². The number of aliphatic carboxylic acids is 1. The van der Waals surface area contributed by atoms with Crippen LogP contribution in [0.4, 0.5) is 5.13 Å². The molecule has 0 spiro atoms. The van der Waals surface area contributed by atoms with Crippen LogP contribution in [0.3, 0.4) is 0 Å². The van der Waals surface area contributed by atoms with Crippen molar-refractivity contribution in [1.82, 2.24) is 4.98 Å². The summed E-state index contributed by atoms with van der Waals surface area (Å²) >= 11 is 1.36. The summed E-state index contributed by atoms with van der Waals surface area (Å²) < 4.78 is 5.46. The Kier molecular flexibility index (Phi) is 3.93. The molecule has 2 unspecified atom stereocenters. The maximum absolute atomic E-state index is 10.7. The molecule has 0 aromatic carbocycles. The van der Waals surface area contributed by atoms with E-state index in [2.05, 4.69) is 10.3 Å². The topological polar surface area (TPSA) is 97.5 Å². The molecule has 2 heterocycles. The lowest BCUT2D eigenvalue weighted by molar-refractivity contribution is -0.138. The highest BCUT2D eigenvalue weighted by Crippen LogP contribution is 2.20. The number of ether oxygens (including phenoxy) is 1. The lowest BCUT2D eigenvalue weighted by atomic mass is 10.2. The third-order valence-corrected chi connectivity index (χ3v) is 3.43. The Hall–Kier alpha value is -1.18. The first kappa shape index (κ1) is 12.3. The van der Waals surface area contributed by atoms with Crippen LogP contribution in [0.2, 0.25) is 0 Å². The number of hydrogen-bond acceptors (Lipinski definition) is 6. The van der Waals surface area contributed by atoms with E-state index < -0.39 is 12.0 Å². The predicted molar refractivity (Wildman–Crippen MR) is 64.1 cm³/mol. The van der Waals surface area contributed by atoms with Crippen molar-refractivity contribution in [1.29, 1.82) is 0 Å². The normalized spacial score (nSPS) is 21.4. The predicted octanol–water partition coefficient (Wildman–Crippen LogP) is 0.818. The maximum atomic E-state index is 10.7. The Bertz CT molecular complexity index is 390. The van der Waals surface area contributed by atoms with Crippen LogP contribution < -0.4 is 11.1 Å². The number of thiazole rings is 1. The number of nitrogens with zero attached hydrogens (tertiary/aromatic N) is 1. The number of rotatable bonds is 5. The van der Waals surface area contributed by atoms with Crippen LogP contribution in [0.1, 0.15) is 24.6 Å². The summed E-state index contributed by atoms with van der Waals surface area (Å²) in [5, 5.41) is 14.2. The van der Waals surface area contributed by atoms with Gasteiger partial charge in [-0.1, -0.05) is 0 Å². The van der Waals surface area contributed by atoms with Crippen LogP contribution in [0.15, 0.2) is 5.38 Å². The van der Waals surface area contributed by atoms with E-state index in [0.717, 1.165) is 19.4 Å². The van der Waals surface area contributed by atoms with E-state index in [9.17, 15) is 4.79 Å². The van der Waals surface area contributed by atoms with E-state index in [0.29, 0.717) is 17.4 Å². The second kappa shape index (κ2) is 5.44. The lowest BCUT2D eigenvalue weighted by Crippen LogP contribution is -2.21. The van der Waals surface area contributed by atoms with Gasteiger partial charge in [-0.15, -0.1) is 11.3 Å². The van der Waals surface area contributed by atoms with Crippen LogP contribution in [-0.4, -0.2) is 35.3 Å². The molecule has 1 aliphatic heterocycles. The second-order valence-electron chi connectivity index (χ2n) is 3.91. The van der Waals surface area contributed by atoms with Crippen LogP contribution in [0.25, 0.3) is 0 Å². The van der Waals surface area contributed by atoms with Crippen LogP contribution in [0, 0.1) is 0 Å². The van der Waals surface area contributed by atoms with Gasteiger partial charge in [0.15, 0.2) is 5.13 Å². The fraction of sp³-hybridized carbons (Fsp3) is 0.600. The molecule has 1 saturated heterocycles. The molecule has 2 rings (SSSR count). The van der Waals surface area contributed by atoms with E-state index in [1.54, 1.807) is 5.38 Å². The minimum absolute atomic E-state index is 0.232. The Morgan fingerprint density at radius 2 is 2.65 bits per heavy atom. The van der Waals surface area contributed by atoms with Gasteiger partial charge in [0.1, 0.15) is 6.04 Å². The molecule has 0 radical (unpaired) electrons. The van der Waals surface area contributed by atoms with Gasteiger partial charge in [-0.05, 0) is 12.8 Å². The Balaban J connectivity index is 1.87. The molecule has 6 nitrogen and oxygen atoms in total. The molecule has 7 heteroatoms. The molecular formula is C10H15N3O3S. The van der Waals surface area contributed by atoms with Crippen molar-refractivity contribution in [3.63, 3.8) is 0 Å². The number of aromatic nitrogens is 1. The highest BCUT2D eigenvalue weighted by Gasteiger charge is 2.19. The summed E-state index contributed by atoms with van der Waals surface area (Å²) in [6.45, 7) is 1.52. The van der Waals surface area contributed by atoms with Crippen molar-refractivity contribution in [3.05, 3.63) is 11.1 Å². The first-order chi connectivity index (χ1) is 8.16. The van der Waals surface area contributed by atoms with Crippen molar-refractivity contribution in [3.8, 4) is 0 Å². The summed E-state index contributed by atoms with van der Waals surface area (Å²) in [5.41, 5.74) is 5.85. The minimum atomic E-state index is -1.07. The van der Waals surface area contributed by atoms with E-state index in [1.807, 2.05) is 0 Å². The number of nitrogens with one attached hydrogen (secondary N) is 1. The number of carboxylic acids is 1. The smallest absolute Gasteiger partial charge is 0.326 e. The Labute approximate surface area is 103 Å². The minimum Gasteiger partial charge on any atom is -0.480 e. The number of carboxylic acid groups (broad SMARTS) is 1. The summed E-state index contributed by atoms with van der Waals surface area (Å²) in [7, 11) is 0. The highest BCUT2D eigenvalue weighted by molar-refractivity contribution is 7.13. The van der Waals surface area contributed by atoms with E-state index in [-0.39, 0.29) is 6.10 Å². The molecule has 2 atom stereocenters. The standard InChI is InChI=1S/C10H15N3O3S/c11-8(9(14)15)7-5-17-10(13-7)12-4-6-2-1-3-16-6/h5-6,8H,1-4,11H2,(H,12,13)(H,14,15). The average Bonchev–Trinajstić information content (AvgIpc) is 2.96. The summed E-state index contributed by atoms with van der Waals surface area (Å²) in [5.74, 6) is -1.07. The third kappa shape index (κ3) is 3.15. The molecule has 0 bridgehead atoms. The van der Waals surface area contributed by atoms with Gasteiger partial charge in [0.25, 0.3) is 0 Å². The van der Waals surface area contributed by atoms with Crippen molar-refractivity contribution in [2.45, 2.75) is 25.0 Å². The first-order valence-corrected chi connectivity index (χ1v) is 6.34. The molecule has 4 N–H and O–H groups in total. The molecule has 17 heavy (non-hydrogen) atoms.